The smallest absolute Gasteiger partial charge is 0.282 e. The first-order valence-corrected chi connectivity index (χ1v) is 11.0. The maximum atomic E-state index is 12.9. The fraction of sp³-hybridized carbons (Fsp3) is 0.458. The summed E-state index contributed by atoms with van der Waals surface area (Å²) in [5.74, 6) is 2.18. The number of amides is 1. The van der Waals surface area contributed by atoms with Gasteiger partial charge < -0.3 is 24.6 Å². The third kappa shape index (κ3) is 4.60. The first-order valence-electron chi connectivity index (χ1n) is 11.0. The van der Waals surface area contributed by atoms with Crippen molar-refractivity contribution in [3.63, 3.8) is 0 Å². The molecular formula is C24H33N3O3+2. The van der Waals surface area contributed by atoms with Crippen molar-refractivity contribution in [2.45, 2.75) is 39.3 Å². The lowest BCUT2D eigenvalue weighted by molar-refractivity contribution is -1.02. The largest absolute Gasteiger partial charge is 0.454 e. The average molecular weight is 412 g/mol. The van der Waals surface area contributed by atoms with Crippen LogP contribution < -0.4 is 24.6 Å². The Morgan fingerprint density at radius 3 is 2.50 bits per heavy atom. The summed E-state index contributed by atoms with van der Waals surface area (Å²) < 4.78 is 10.9. The van der Waals surface area contributed by atoms with Crippen LogP contribution >= 0.6 is 0 Å². The Morgan fingerprint density at radius 2 is 1.73 bits per heavy atom. The number of piperazine rings is 1. The number of nitrogens with one attached hydrogen (secondary N) is 3. The summed E-state index contributed by atoms with van der Waals surface area (Å²) in [6.45, 7) is 11.8. The number of fused-ring (bicyclic) bond motifs is 1. The number of hydrogen-bond acceptors (Lipinski definition) is 3. The lowest BCUT2D eigenvalue weighted by Crippen LogP contribution is -3.29. The van der Waals surface area contributed by atoms with Gasteiger partial charge in [0.2, 0.25) is 6.79 Å². The molecule has 4 rings (SSSR count). The van der Waals surface area contributed by atoms with Gasteiger partial charge in [-0.05, 0) is 42.7 Å². The van der Waals surface area contributed by atoms with E-state index in [1.165, 1.54) is 16.0 Å². The van der Waals surface area contributed by atoms with Gasteiger partial charge in [-0.3, -0.25) is 4.79 Å². The van der Waals surface area contributed by atoms with Gasteiger partial charge in [0.05, 0.1) is 0 Å². The molecule has 160 valence electrons. The predicted molar refractivity (Wildman–Crippen MR) is 116 cm³/mol. The number of para-hydroxylation sites is 1. The first kappa shape index (κ1) is 20.7. The van der Waals surface area contributed by atoms with Crippen molar-refractivity contribution in [3.05, 3.63) is 53.6 Å². The van der Waals surface area contributed by atoms with Crippen molar-refractivity contribution in [1.82, 2.24) is 0 Å². The van der Waals surface area contributed by atoms with Gasteiger partial charge in [0.25, 0.3) is 5.91 Å². The molecule has 2 aliphatic rings. The van der Waals surface area contributed by atoms with Crippen LogP contribution in [0.15, 0.2) is 42.5 Å². The zero-order valence-electron chi connectivity index (χ0n) is 18.2. The second-order valence-electron chi connectivity index (χ2n) is 8.73. The van der Waals surface area contributed by atoms with Crippen molar-refractivity contribution in [2.75, 3.05) is 38.3 Å². The first-order chi connectivity index (χ1) is 14.5. The van der Waals surface area contributed by atoms with Gasteiger partial charge in [-0.1, -0.05) is 32.0 Å². The molecule has 0 unspecified atom stereocenters. The number of rotatable bonds is 6. The minimum Gasteiger partial charge on any atom is -0.454 e. The van der Waals surface area contributed by atoms with Crippen molar-refractivity contribution in [1.29, 1.82) is 0 Å². The number of anilines is 1. The number of quaternary nitrogens is 2. The van der Waals surface area contributed by atoms with E-state index in [0.717, 1.165) is 49.9 Å². The highest BCUT2D eigenvalue weighted by Crippen LogP contribution is 2.32. The van der Waals surface area contributed by atoms with Crippen LogP contribution in [0.1, 0.15) is 37.8 Å². The Labute approximate surface area is 178 Å². The molecule has 6 heteroatoms. The van der Waals surface area contributed by atoms with Crippen LogP contribution in [0.2, 0.25) is 0 Å². The maximum absolute atomic E-state index is 12.9. The number of carbonyl (C=O) groups excluding carboxylic acids is 1. The summed E-state index contributed by atoms with van der Waals surface area (Å²) >= 11 is 0. The van der Waals surface area contributed by atoms with Gasteiger partial charge in [-0.25, -0.2) is 0 Å². The molecule has 0 spiro atoms. The van der Waals surface area contributed by atoms with Crippen LogP contribution in [0.5, 0.6) is 11.5 Å². The Morgan fingerprint density at radius 1 is 1.00 bits per heavy atom. The molecule has 0 radical (unpaired) electrons. The van der Waals surface area contributed by atoms with Gasteiger partial charge in [0.15, 0.2) is 17.5 Å². The van der Waals surface area contributed by atoms with E-state index in [1.54, 1.807) is 4.90 Å². The summed E-state index contributed by atoms with van der Waals surface area (Å²) in [5.41, 5.74) is 3.40. The molecule has 2 aromatic carbocycles. The molecule has 1 atom stereocenters. The van der Waals surface area contributed by atoms with E-state index in [0.29, 0.717) is 12.7 Å². The lowest BCUT2D eigenvalue weighted by Gasteiger charge is -2.32. The quantitative estimate of drug-likeness (QED) is 0.661. The highest BCUT2D eigenvalue weighted by molar-refractivity contribution is 5.94. The van der Waals surface area contributed by atoms with Crippen LogP contribution in [0.4, 0.5) is 5.69 Å². The fourth-order valence-electron chi connectivity index (χ4n) is 4.41. The predicted octanol–water partition coefficient (Wildman–Crippen LogP) is 0.849. The molecule has 3 N–H and O–H groups in total. The lowest BCUT2D eigenvalue weighted by atomic mass is 10.0. The van der Waals surface area contributed by atoms with Crippen LogP contribution in [0.3, 0.4) is 0 Å². The summed E-state index contributed by atoms with van der Waals surface area (Å²) in [5, 5.41) is 3.17. The van der Waals surface area contributed by atoms with E-state index in [1.807, 2.05) is 31.2 Å². The van der Waals surface area contributed by atoms with Crippen molar-refractivity contribution in [2.24, 2.45) is 0 Å². The molecule has 0 aliphatic carbocycles. The van der Waals surface area contributed by atoms with E-state index < -0.39 is 0 Å². The van der Waals surface area contributed by atoms with Crippen LogP contribution in [0, 0.1) is 0 Å². The molecule has 2 heterocycles. The molecule has 0 aromatic heterocycles. The average Bonchev–Trinajstić information content (AvgIpc) is 3.22. The second kappa shape index (κ2) is 9.06. The zero-order chi connectivity index (χ0) is 21.1. The van der Waals surface area contributed by atoms with Gasteiger partial charge in [0.1, 0.15) is 32.7 Å². The Kier molecular flexibility index (Phi) is 6.25. The van der Waals surface area contributed by atoms with Crippen molar-refractivity contribution >= 4 is 11.6 Å². The Hall–Kier alpha value is -2.57. The van der Waals surface area contributed by atoms with Gasteiger partial charge in [0, 0.05) is 11.3 Å². The molecule has 0 bridgehead atoms. The number of benzene rings is 2. The molecule has 1 amide bonds. The van der Waals surface area contributed by atoms with Crippen LogP contribution in [-0.4, -0.2) is 44.9 Å². The summed E-state index contributed by atoms with van der Waals surface area (Å²) in [4.78, 5) is 15.8. The summed E-state index contributed by atoms with van der Waals surface area (Å²) in [6.07, 6.45) is 0. The Bertz CT molecular complexity index is 891. The molecular weight excluding hydrogens is 378 g/mol. The SMILES string of the molecule is CC(C)c1ccccc1NC(=O)[C@@H](C)[NH+]1CC[NH+](Cc2ccc3c(c2)OCO3)CC1. The van der Waals surface area contributed by atoms with Crippen LogP contribution in [-0.2, 0) is 11.3 Å². The highest BCUT2D eigenvalue weighted by Gasteiger charge is 2.31. The molecule has 2 aliphatic heterocycles. The monoisotopic (exact) mass is 411 g/mol. The second-order valence-corrected chi connectivity index (χ2v) is 8.73. The van der Waals surface area contributed by atoms with Crippen molar-refractivity contribution in [3.8, 4) is 11.5 Å². The molecule has 1 fully saturated rings. The minimum atomic E-state index is -0.0580. The minimum absolute atomic E-state index is 0.0580. The molecule has 1 saturated heterocycles. The molecule has 0 saturated carbocycles. The van der Waals surface area contributed by atoms with Gasteiger partial charge in [-0.2, -0.15) is 0 Å². The maximum Gasteiger partial charge on any atom is 0.282 e. The van der Waals surface area contributed by atoms with Crippen LogP contribution in [0.25, 0.3) is 0 Å². The molecule has 30 heavy (non-hydrogen) atoms. The number of ether oxygens (including phenoxy) is 2. The topological polar surface area (TPSA) is 56.4 Å². The number of carbonyl (C=O) groups is 1. The van der Waals surface area contributed by atoms with Crippen molar-refractivity contribution < 1.29 is 24.1 Å². The van der Waals surface area contributed by atoms with E-state index in [4.69, 9.17) is 9.47 Å². The fourth-order valence-corrected chi connectivity index (χ4v) is 4.41. The van der Waals surface area contributed by atoms with E-state index in [2.05, 4.69) is 37.4 Å². The normalized spacial score (nSPS) is 21.5. The number of hydrogen-bond donors (Lipinski definition) is 3. The Balaban J connectivity index is 1.30. The summed E-state index contributed by atoms with van der Waals surface area (Å²) in [7, 11) is 0. The van der Waals surface area contributed by atoms with E-state index in [9.17, 15) is 4.79 Å². The van der Waals surface area contributed by atoms with Gasteiger partial charge >= 0.3 is 0 Å². The zero-order valence-corrected chi connectivity index (χ0v) is 18.2. The van der Waals surface area contributed by atoms with E-state index >= 15 is 0 Å². The highest BCUT2D eigenvalue weighted by atomic mass is 16.7. The van der Waals surface area contributed by atoms with E-state index in [-0.39, 0.29) is 11.9 Å². The van der Waals surface area contributed by atoms with Gasteiger partial charge in [-0.15, -0.1) is 0 Å². The third-order valence-corrected chi connectivity index (χ3v) is 6.34. The molecule has 6 nitrogen and oxygen atoms in total. The summed E-state index contributed by atoms with van der Waals surface area (Å²) in [6, 6.07) is 14.3. The third-order valence-electron chi connectivity index (χ3n) is 6.34. The molecule has 2 aromatic rings. The standard InChI is InChI=1S/C24H31N3O3/c1-17(2)20-6-4-5-7-21(20)25-24(28)18(3)27-12-10-26(11-13-27)15-19-8-9-22-23(14-19)30-16-29-22/h4-9,14,17-18H,10-13,15-16H2,1-3H3,(H,25,28)/p+2/t18-/m1/s1.